The molecule has 0 heterocycles. The van der Waals surface area contributed by atoms with Gasteiger partial charge in [0, 0.05) is 43.8 Å². The number of carbonyl (C=O) groups is 1. The van der Waals surface area contributed by atoms with Crippen molar-refractivity contribution >= 4 is 11.6 Å². The van der Waals surface area contributed by atoms with E-state index in [1.807, 2.05) is 20.8 Å². The first-order valence-electron chi connectivity index (χ1n) is 5.82. The Morgan fingerprint density at radius 1 is 1.18 bits per heavy atom. The molecule has 1 radical (unpaired) electrons. The van der Waals surface area contributed by atoms with Gasteiger partial charge in [-0.25, -0.2) is 0 Å². The van der Waals surface area contributed by atoms with Crippen LogP contribution >= 0.6 is 0 Å². The van der Waals surface area contributed by atoms with Crippen molar-refractivity contribution in [3.05, 3.63) is 28.8 Å². The van der Waals surface area contributed by atoms with Gasteiger partial charge in [0.25, 0.3) is 0 Å². The Labute approximate surface area is 128 Å². The summed E-state index contributed by atoms with van der Waals surface area (Å²) in [6.07, 6.45) is 2.03. The largest absolute Gasteiger partial charge is 0.325 e. The molecule has 1 saturated carbocycles. The van der Waals surface area contributed by atoms with E-state index in [0.29, 0.717) is 0 Å². The Morgan fingerprint density at radius 3 is 2.06 bits per heavy atom. The van der Waals surface area contributed by atoms with Gasteiger partial charge in [-0.1, -0.05) is 24.6 Å². The molecule has 1 fully saturated rings. The number of hydrogen-bond acceptors (Lipinski definition) is 1. The zero-order valence-electron chi connectivity index (χ0n) is 11.1. The van der Waals surface area contributed by atoms with Crippen molar-refractivity contribution in [3.8, 4) is 0 Å². The molecule has 1 aromatic carbocycles. The van der Waals surface area contributed by atoms with Crippen LogP contribution in [0, 0.1) is 26.2 Å². The first-order chi connectivity index (χ1) is 7.42. The summed E-state index contributed by atoms with van der Waals surface area (Å²) >= 11 is 0. The summed E-state index contributed by atoms with van der Waals surface area (Å²) in [5.74, 6) is 0.169. The van der Waals surface area contributed by atoms with Gasteiger partial charge < -0.3 is 5.32 Å². The van der Waals surface area contributed by atoms with Crippen LogP contribution in [0.1, 0.15) is 36.5 Å². The molecule has 0 atom stereocenters. The molecule has 0 spiro atoms. The molecule has 1 amide bonds. The SMILES string of the molecule is Cc1cc(C)c(NC(=O)C2(C)CC2)c(C)c1.[Y]. The van der Waals surface area contributed by atoms with Crippen LogP contribution < -0.4 is 5.32 Å². The van der Waals surface area contributed by atoms with Gasteiger partial charge in [-0.3, -0.25) is 4.79 Å². The minimum absolute atomic E-state index is 0. The van der Waals surface area contributed by atoms with Gasteiger partial charge in [0.15, 0.2) is 0 Å². The number of amides is 1. The quantitative estimate of drug-likeness (QED) is 0.892. The Hall–Kier alpha value is -0.206. The Balaban J connectivity index is 0.00000144. The van der Waals surface area contributed by atoms with Crippen LogP contribution in [-0.4, -0.2) is 5.91 Å². The molecule has 0 bridgehead atoms. The second-order valence-corrected chi connectivity index (χ2v) is 5.29. The maximum atomic E-state index is 12.0. The van der Waals surface area contributed by atoms with Gasteiger partial charge in [0.1, 0.15) is 0 Å². The Bertz CT molecular complexity index is 427. The molecule has 1 aromatic rings. The third-order valence-electron chi connectivity index (χ3n) is 3.46. The molecular formula is C14H19NOY. The fraction of sp³-hybridized carbons (Fsp3) is 0.500. The second kappa shape index (κ2) is 5.20. The van der Waals surface area contributed by atoms with Gasteiger partial charge in [-0.2, -0.15) is 0 Å². The van der Waals surface area contributed by atoms with Gasteiger partial charge in [0.05, 0.1) is 0 Å². The average Bonchev–Trinajstić information content (AvgIpc) is 2.91. The van der Waals surface area contributed by atoms with E-state index in [2.05, 4.69) is 24.4 Å². The summed E-state index contributed by atoms with van der Waals surface area (Å²) < 4.78 is 0. The summed E-state index contributed by atoms with van der Waals surface area (Å²) in [7, 11) is 0. The first kappa shape index (κ1) is 14.9. The molecule has 1 aliphatic carbocycles. The number of nitrogens with one attached hydrogen (secondary N) is 1. The predicted molar refractivity (Wildman–Crippen MR) is 66.6 cm³/mol. The van der Waals surface area contributed by atoms with Gasteiger partial charge >= 0.3 is 0 Å². The van der Waals surface area contributed by atoms with Gasteiger partial charge in [-0.15, -0.1) is 0 Å². The van der Waals surface area contributed by atoms with Crippen molar-refractivity contribution in [2.75, 3.05) is 5.32 Å². The summed E-state index contributed by atoms with van der Waals surface area (Å²) in [5.41, 5.74) is 4.42. The average molecular weight is 306 g/mol. The molecule has 0 aromatic heterocycles. The molecule has 17 heavy (non-hydrogen) atoms. The van der Waals surface area contributed by atoms with Crippen LogP contribution in [0.25, 0.3) is 0 Å². The predicted octanol–water partition coefficient (Wildman–Crippen LogP) is 3.35. The van der Waals surface area contributed by atoms with Crippen LogP contribution in [0.3, 0.4) is 0 Å². The third kappa shape index (κ3) is 3.17. The van der Waals surface area contributed by atoms with Crippen LogP contribution in [-0.2, 0) is 37.5 Å². The fourth-order valence-electron chi connectivity index (χ4n) is 2.06. The number of carbonyl (C=O) groups excluding carboxylic acids is 1. The fourth-order valence-corrected chi connectivity index (χ4v) is 2.06. The third-order valence-corrected chi connectivity index (χ3v) is 3.46. The maximum Gasteiger partial charge on any atom is 0.230 e. The number of aryl methyl sites for hydroxylation is 3. The molecule has 0 saturated heterocycles. The smallest absolute Gasteiger partial charge is 0.230 e. The van der Waals surface area contributed by atoms with E-state index >= 15 is 0 Å². The van der Waals surface area contributed by atoms with Crippen LogP contribution in [0.2, 0.25) is 0 Å². The topological polar surface area (TPSA) is 29.1 Å². The minimum atomic E-state index is -0.107. The molecular weight excluding hydrogens is 287 g/mol. The van der Waals surface area contributed by atoms with E-state index in [4.69, 9.17) is 0 Å². The summed E-state index contributed by atoms with van der Waals surface area (Å²) in [6.45, 7) is 8.20. The number of benzene rings is 1. The molecule has 1 aliphatic rings. The molecule has 1 N–H and O–H groups in total. The molecule has 89 valence electrons. The number of rotatable bonds is 2. The molecule has 2 nitrogen and oxygen atoms in total. The zero-order valence-corrected chi connectivity index (χ0v) is 13.9. The van der Waals surface area contributed by atoms with Crippen molar-refractivity contribution < 1.29 is 37.5 Å². The maximum absolute atomic E-state index is 12.0. The van der Waals surface area contributed by atoms with Crippen LogP contribution in [0.15, 0.2) is 12.1 Å². The standard InChI is InChI=1S/C14H19NO.Y/c1-9-7-10(2)12(11(3)8-9)15-13(16)14(4)5-6-14;/h7-8H,5-6H2,1-4H3,(H,15,16);. The van der Waals surface area contributed by atoms with E-state index in [0.717, 1.165) is 29.7 Å². The second-order valence-electron chi connectivity index (χ2n) is 5.29. The molecule has 0 aliphatic heterocycles. The number of anilines is 1. The van der Waals surface area contributed by atoms with Crippen molar-refractivity contribution in [3.63, 3.8) is 0 Å². The van der Waals surface area contributed by atoms with E-state index in [1.54, 1.807) is 0 Å². The summed E-state index contributed by atoms with van der Waals surface area (Å²) in [6, 6.07) is 4.22. The van der Waals surface area contributed by atoms with E-state index in [1.165, 1.54) is 5.56 Å². The van der Waals surface area contributed by atoms with Crippen molar-refractivity contribution in [2.24, 2.45) is 5.41 Å². The van der Waals surface area contributed by atoms with E-state index < -0.39 is 0 Å². The van der Waals surface area contributed by atoms with Gasteiger partial charge in [-0.05, 0) is 44.7 Å². The van der Waals surface area contributed by atoms with Crippen LogP contribution in [0.4, 0.5) is 5.69 Å². The Morgan fingerprint density at radius 2 is 1.65 bits per heavy atom. The normalized spacial score (nSPS) is 16.0. The Kier molecular flexibility index (Phi) is 4.54. The van der Waals surface area contributed by atoms with Crippen LogP contribution in [0.5, 0.6) is 0 Å². The van der Waals surface area contributed by atoms with Gasteiger partial charge in [0.2, 0.25) is 5.91 Å². The molecule has 2 rings (SSSR count). The first-order valence-corrected chi connectivity index (χ1v) is 5.82. The monoisotopic (exact) mass is 306 g/mol. The zero-order chi connectivity index (χ0) is 11.9. The molecule has 0 unspecified atom stereocenters. The molecule has 3 heteroatoms. The summed E-state index contributed by atoms with van der Waals surface area (Å²) in [4.78, 5) is 12.0. The summed E-state index contributed by atoms with van der Waals surface area (Å²) in [5, 5.41) is 3.07. The van der Waals surface area contributed by atoms with Crippen molar-refractivity contribution in [2.45, 2.75) is 40.5 Å². The number of hydrogen-bond donors (Lipinski definition) is 1. The van der Waals surface area contributed by atoms with Crippen molar-refractivity contribution in [1.82, 2.24) is 0 Å². The van der Waals surface area contributed by atoms with Crippen molar-refractivity contribution in [1.29, 1.82) is 0 Å². The van der Waals surface area contributed by atoms with E-state index in [9.17, 15) is 4.79 Å². The van der Waals surface area contributed by atoms with E-state index in [-0.39, 0.29) is 44.0 Å². The minimum Gasteiger partial charge on any atom is -0.325 e.